The highest BCUT2D eigenvalue weighted by molar-refractivity contribution is 8.02. The van der Waals surface area contributed by atoms with Gasteiger partial charge < -0.3 is 0 Å². The van der Waals surface area contributed by atoms with Gasteiger partial charge in [0.1, 0.15) is 0 Å². The lowest BCUT2D eigenvalue weighted by atomic mass is 10.1. The molecule has 0 radical (unpaired) electrons. The van der Waals surface area contributed by atoms with Gasteiger partial charge in [0, 0.05) is 0 Å². The molecule has 82 valence electrons. The van der Waals surface area contributed by atoms with Crippen molar-refractivity contribution in [3.63, 3.8) is 0 Å². The van der Waals surface area contributed by atoms with E-state index in [0.717, 1.165) is 5.92 Å². The summed E-state index contributed by atoms with van der Waals surface area (Å²) in [5.74, 6) is 2.10. The van der Waals surface area contributed by atoms with Crippen LogP contribution >= 0.6 is 11.8 Å². The van der Waals surface area contributed by atoms with E-state index < -0.39 is 0 Å². The minimum absolute atomic E-state index is 0.864. The second kappa shape index (κ2) is 7.58. The largest absolute Gasteiger partial charge is 0.134 e. The molecule has 0 spiro atoms. The Morgan fingerprint density at radius 1 is 1.27 bits per heavy atom. The van der Waals surface area contributed by atoms with E-state index in [2.05, 4.69) is 49.6 Å². The predicted octanol–water partition coefficient (Wildman–Crippen LogP) is 4.83. The SMILES string of the molecule is CC[C@H](C)CCS/C=C\c1ccccc1. The molecule has 0 fully saturated rings. The van der Waals surface area contributed by atoms with Crippen molar-refractivity contribution in [2.45, 2.75) is 26.7 Å². The van der Waals surface area contributed by atoms with Gasteiger partial charge in [-0.15, -0.1) is 11.8 Å². The minimum atomic E-state index is 0.864. The molecule has 0 heterocycles. The molecule has 0 unspecified atom stereocenters. The van der Waals surface area contributed by atoms with Crippen molar-refractivity contribution in [2.75, 3.05) is 5.75 Å². The van der Waals surface area contributed by atoms with E-state index in [1.54, 1.807) is 0 Å². The Labute approximate surface area is 97.8 Å². The van der Waals surface area contributed by atoms with Gasteiger partial charge in [0.2, 0.25) is 0 Å². The van der Waals surface area contributed by atoms with Gasteiger partial charge in [-0.2, -0.15) is 0 Å². The third-order valence-corrected chi connectivity index (χ3v) is 3.38. The van der Waals surface area contributed by atoms with E-state index in [0.29, 0.717) is 0 Å². The van der Waals surface area contributed by atoms with Gasteiger partial charge in [-0.25, -0.2) is 0 Å². The molecule has 15 heavy (non-hydrogen) atoms. The van der Waals surface area contributed by atoms with Gasteiger partial charge in [-0.05, 0) is 35.1 Å². The molecular weight excluding hydrogens is 200 g/mol. The van der Waals surface area contributed by atoms with Gasteiger partial charge in [-0.3, -0.25) is 0 Å². The minimum Gasteiger partial charge on any atom is -0.134 e. The lowest BCUT2D eigenvalue weighted by Crippen LogP contribution is -1.92. The number of hydrogen-bond donors (Lipinski definition) is 0. The lowest BCUT2D eigenvalue weighted by molar-refractivity contribution is 0.549. The molecule has 0 aromatic heterocycles. The molecule has 1 heteroatoms. The Morgan fingerprint density at radius 3 is 2.67 bits per heavy atom. The van der Waals surface area contributed by atoms with Crippen LogP contribution < -0.4 is 0 Å². The zero-order valence-corrected chi connectivity index (χ0v) is 10.5. The van der Waals surface area contributed by atoms with E-state index in [4.69, 9.17) is 0 Å². The average molecular weight is 220 g/mol. The Morgan fingerprint density at radius 2 is 2.00 bits per heavy atom. The van der Waals surface area contributed by atoms with Crippen LogP contribution in [0.15, 0.2) is 35.7 Å². The van der Waals surface area contributed by atoms with Gasteiger partial charge in [0.05, 0.1) is 0 Å². The van der Waals surface area contributed by atoms with Gasteiger partial charge >= 0.3 is 0 Å². The summed E-state index contributed by atoms with van der Waals surface area (Å²) in [5, 5.41) is 2.21. The van der Waals surface area contributed by atoms with Crippen molar-refractivity contribution in [1.29, 1.82) is 0 Å². The third-order valence-electron chi connectivity index (χ3n) is 2.58. The second-order valence-corrected chi connectivity index (χ2v) is 4.90. The fourth-order valence-electron chi connectivity index (χ4n) is 1.23. The molecule has 1 aromatic carbocycles. The van der Waals surface area contributed by atoms with Crippen molar-refractivity contribution in [3.05, 3.63) is 41.3 Å². The summed E-state index contributed by atoms with van der Waals surface area (Å²) in [6, 6.07) is 10.5. The predicted molar refractivity (Wildman–Crippen MR) is 72.0 cm³/mol. The summed E-state index contributed by atoms with van der Waals surface area (Å²) < 4.78 is 0. The van der Waals surface area contributed by atoms with Crippen LogP contribution in [-0.4, -0.2) is 5.75 Å². The van der Waals surface area contributed by atoms with Gasteiger partial charge in [-0.1, -0.05) is 50.6 Å². The molecule has 0 N–H and O–H groups in total. The highest BCUT2D eigenvalue weighted by Crippen LogP contribution is 2.14. The van der Waals surface area contributed by atoms with E-state index >= 15 is 0 Å². The maximum absolute atomic E-state index is 2.32. The third kappa shape index (κ3) is 5.68. The monoisotopic (exact) mass is 220 g/mol. The molecule has 0 aliphatic rings. The fraction of sp³-hybridized carbons (Fsp3) is 0.429. The van der Waals surface area contributed by atoms with E-state index in [1.165, 1.54) is 24.2 Å². The first kappa shape index (κ1) is 12.4. The topological polar surface area (TPSA) is 0 Å². The second-order valence-electron chi connectivity index (χ2n) is 3.89. The summed E-state index contributed by atoms with van der Waals surface area (Å²) in [6.07, 6.45) is 4.80. The molecule has 1 atom stereocenters. The summed E-state index contributed by atoms with van der Waals surface area (Å²) in [6.45, 7) is 4.58. The molecule has 0 saturated heterocycles. The maximum Gasteiger partial charge on any atom is -0.00234 e. The molecule has 1 aromatic rings. The summed E-state index contributed by atoms with van der Waals surface area (Å²) in [4.78, 5) is 0. The Bertz CT molecular complexity index is 277. The molecule has 0 saturated carbocycles. The first-order chi connectivity index (χ1) is 7.33. The van der Waals surface area contributed by atoms with Gasteiger partial charge in [0.25, 0.3) is 0 Å². The van der Waals surface area contributed by atoms with Crippen molar-refractivity contribution >= 4 is 17.8 Å². The average Bonchev–Trinajstić information content (AvgIpc) is 2.29. The normalized spacial score (nSPS) is 13.2. The van der Waals surface area contributed by atoms with Crippen LogP contribution in [0.4, 0.5) is 0 Å². The summed E-state index contributed by atoms with van der Waals surface area (Å²) in [5.41, 5.74) is 1.29. The first-order valence-corrected chi connectivity index (χ1v) is 6.71. The van der Waals surface area contributed by atoms with Crippen LogP contribution in [0.3, 0.4) is 0 Å². The van der Waals surface area contributed by atoms with Crippen molar-refractivity contribution in [1.82, 2.24) is 0 Å². The molecule has 0 aliphatic carbocycles. The van der Waals surface area contributed by atoms with E-state index in [1.807, 2.05) is 17.8 Å². The zero-order valence-electron chi connectivity index (χ0n) is 9.65. The molecule has 0 amide bonds. The fourth-order valence-corrected chi connectivity index (χ4v) is 2.16. The number of benzene rings is 1. The quantitative estimate of drug-likeness (QED) is 0.619. The van der Waals surface area contributed by atoms with Crippen LogP contribution in [0.25, 0.3) is 6.08 Å². The smallest absolute Gasteiger partial charge is 0.00234 e. The van der Waals surface area contributed by atoms with Crippen LogP contribution in [0.5, 0.6) is 0 Å². The highest BCUT2D eigenvalue weighted by Gasteiger charge is 1.96. The van der Waals surface area contributed by atoms with Crippen molar-refractivity contribution in [2.24, 2.45) is 5.92 Å². The highest BCUT2D eigenvalue weighted by atomic mass is 32.2. The van der Waals surface area contributed by atoms with Crippen molar-refractivity contribution < 1.29 is 0 Å². The molecule has 0 aliphatic heterocycles. The zero-order chi connectivity index (χ0) is 10.9. The molecule has 0 bridgehead atoms. The Kier molecular flexibility index (Phi) is 6.26. The number of thioether (sulfide) groups is 1. The van der Waals surface area contributed by atoms with E-state index in [9.17, 15) is 0 Å². The molecule has 0 nitrogen and oxygen atoms in total. The summed E-state index contributed by atoms with van der Waals surface area (Å²) in [7, 11) is 0. The number of rotatable bonds is 6. The van der Waals surface area contributed by atoms with Gasteiger partial charge in [0.15, 0.2) is 0 Å². The van der Waals surface area contributed by atoms with Crippen LogP contribution in [0.1, 0.15) is 32.3 Å². The molecule has 1 rings (SSSR count). The van der Waals surface area contributed by atoms with Crippen LogP contribution in [0.2, 0.25) is 0 Å². The maximum atomic E-state index is 2.32. The Hall–Kier alpha value is -0.690. The van der Waals surface area contributed by atoms with E-state index in [-0.39, 0.29) is 0 Å². The number of hydrogen-bond acceptors (Lipinski definition) is 1. The summed E-state index contributed by atoms with van der Waals surface area (Å²) >= 11 is 1.91. The standard InChI is InChI=1S/C14H20S/c1-3-13(2)9-11-15-12-10-14-7-5-4-6-8-14/h4-8,10,12-13H,3,9,11H2,1-2H3/b12-10-/t13-/m0/s1. The van der Waals surface area contributed by atoms with Crippen LogP contribution in [0, 0.1) is 5.92 Å². The van der Waals surface area contributed by atoms with Crippen molar-refractivity contribution in [3.8, 4) is 0 Å². The van der Waals surface area contributed by atoms with Crippen LogP contribution in [-0.2, 0) is 0 Å². The lowest BCUT2D eigenvalue weighted by Gasteiger charge is -2.05. The molecular formula is C14H20S. The first-order valence-electron chi connectivity index (χ1n) is 5.66. The Balaban J connectivity index is 2.18.